The fourth-order valence-electron chi connectivity index (χ4n) is 3.36. The van der Waals surface area contributed by atoms with Gasteiger partial charge >= 0.3 is 6.03 Å². The predicted octanol–water partition coefficient (Wildman–Crippen LogP) is 3.80. The van der Waals surface area contributed by atoms with Crippen LogP contribution in [-0.4, -0.2) is 42.5 Å². The first-order valence-electron chi connectivity index (χ1n) is 8.98. The maximum atomic E-state index is 12.2. The molecule has 2 heterocycles. The molecule has 1 fully saturated rings. The van der Waals surface area contributed by atoms with Crippen molar-refractivity contribution in [2.75, 3.05) is 26.7 Å². The number of likely N-dealkylation sites (tertiary alicyclic amines) is 1. The normalized spacial score (nSPS) is 17.6. The standard InChI is InChI=1S/C20H27N3OS/c1-22(16-19-8-5-13-25-19)20(24)21-11-9-18-10-12-23(15-18)14-17-6-3-2-4-7-17/h2-8,13,18H,9-12,14-16H2,1H3,(H,21,24)/t18-/m1/s1. The van der Waals surface area contributed by atoms with E-state index in [-0.39, 0.29) is 6.03 Å². The lowest BCUT2D eigenvalue weighted by Crippen LogP contribution is -2.37. The van der Waals surface area contributed by atoms with Gasteiger partial charge < -0.3 is 10.2 Å². The lowest BCUT2D eigenvalue weighted by molar-refractivity contribution is 0.206. The van der Waals surface area contributed by atoms with Gasteiger partial charge in [-0.3, -0.25) is 4.90 Å². The molecule has 5 heteroatoms. The molecule has 4 nitrogen and oxygen atoms in total. The van der Waals surface area contributed by atoms with Crippen molar-refractivity contribution < 1.29 is 4.79 Å². The summed E-state index contributed by atoms with van der Waals surface area (Å²) in [6, 6.07) is 14.8. The molecule has 1 N–H and O–H groups in total. The summed E-state index contributed by atoms with van der Waals surface area (Å²) in [5.41, 5.74) is 1.38. The minimum Gasteiger partial charge on any atom is -0.338 e. The molecular formula is C20H27N3OS. The number of amides is 2. The van der Waals surface area contributed by atoms with E-state index in [4.69, 9.17) is 0 Å². The van der Waals surface area contributed by atoms with Gasteiger partial charge in [0.2, 0.25) is 0 Å². The number of benzene rings is 1. The Balaban J connectivity index is 1.33. The quantitative estimate of drug-likeness (QED) is 0.818. The molecule has 1 atom stereocenters. The van der Waals surface area contributed by atoms with Crippen LogP contribution in [0.5, 0.6) is 0 Å². The van der Waals surface area contributed by atoms with Crippen molar-refractivity contribution in [2.24, 2.45) is 5.92 Å². The maximum absolute atomic E-state index is 12.2. The highest BCUT2D eigenvalue weighted by atomic mass is 32.1. The molecule has 3 rings (SSSR count). The highest BCUT2D eigenvalue weighted by molar-refractivity contribution is 7.09. The van der Waals surface area contributed by atoms with Crippen molar-refractivity contribution in [1.82, 2.24) is 15.1 Å². The number of urea groups is 1. The Morgan fingerprint density at radius 3 is 2.88 bits per heavy atom. The molecule has 0 saturated carbocycles. The molecule has 0 unspecified atom stereocenters. The number of rotatable bonds is 7. The van der Waals surface area contributed by atoms with E-state index in [9.17, 15) is 4.79 Å². The zero-order valence-electron chi connectivity index (χ0n) is 14.9. The molecule has 25 heavy (non-hydrogen) atoms. The largest absolute Gasteiger partial charge is 0.338 e. The molecule has 1 aromatic heterocycles. The van der Waals surface area contributed by atoms with Crippen molar-refractivity contribution in [2.45, 2.75) is 25.9 Å². The van der Waals surface area contributed by atoms with Gasteiger partial charge in [0.25, 0.3) is 0 Å². The van der Waals surface area contributed by atoms with Gasteiger partial charge in [0.05, 0.1) is 6.54 Å². The van der Waals surface area contributed by atoms with Crippen molar-refractivity contribution in [3.63, 3.8) is 0 Å². The van der Waals surface area contributed by atoms with Crippen LogP contribution in [0.3, 0.4) is 0 Å². The second-order valence-electron chi connectivity index (χ2n) is 6.83. The summed E-state index contributed by atoms with van der Waals surface area (Å²) >= 11 is 1.69. The highest BCUT2D eigenvalue weighted by Gasteiger charge is 2.22. The zero-order chi connectivity index (χ0) is 17.5. The molecule has 0 spiro atoms. The summed E-state index contributed by atoms with van der Waals surface area (Å²) in [5, 5.41) is 5.10. The number of hydrogen-bond acceptors (Lipinski definition) is 3. The molecule has 134 valence electrons. The number of carbonyl (C=O) groups excluding carboxylic acids is 1. The van der Waals surface area contributed by atoms with Gasteiger partial charge in [-0.2, -0.15) is 0 Å². The monoisotopic (exact) mass is 357 g/mol. The molecule has 2 amide bonds. The van der Waals surface area contributed by atoms with Crippen LogP contribution in [0.2, 0.25) is 0 Å². The molecule has 1 aliphatic heterocycles. The van der Waals surface area contributed by atoms with E-state index < -0.39 is 0 Å². The predicted molar refractivity (Wildman–Crippen MR) is 104 cm³/mol. The third-order valence-corrected chi connectivity index (χ3v) is 5.63. The van der Waals surface area contributed by atoms with Crippen LogP contribution in [0.15, 0.2) is 47.8 Å². The first kappa shape index (κ1) is 18.0. The van der Waals surface area contributed by atoms with Crippen LogP contribution in [0.1, 0.15) is 23.3 Å². The number of thiophene rings is 1. The van der Waals surface area contributed by atoms with Gasteiger partial charge in [-0.1, -0.05) is 36.4 Å². The van der Waals surface area contributed by atoms with Gasteiger partial charge in [-0.05, 0) is 42.3 Å². The SMILES string of the molecule is CN(Cc1cccs1)C(=O)NCC[C@@H]1CCN(Cc2ccccc2)C1. The van der Waals surface area contributed by atoms with Gasteiger partial charge in [-0.15, -0.1) is 11.3 Å². The molecule has 1 aliphatic rings. The summed E-state index contributed by atoms with van der Waals surface area (Å²) in [6.07, 6.45) is 2.29. The summed E-state index contributed by atoms with van der Waals surface area (Å²) in [5.74, 6) is 0.687. The van der Waals surface area contributed by atoms with Crippen molar-refractivity contribution >= 4 is 17.4 Å². The summed E-state index contributed by atoms with van der Waals surface area (Å²) in [7, 11) is 1.85. The number of nitrogens with zero attached hydrogens (tertiary/aromatic N) is 2. The molecule has 1 saturated heterocycles. The summed E-state index contributed by atoms with van der Waals surface area (Å²) in [6.45, 7) is 4.77. The highest BCUT2D eigenvalue weighted by Crippen LogP contribution is 2.21. The number of nitrogens with one attached hydrogen (secondary N) is 1. The van der Waals surface area contributed by atoms with Crippen LogP contribution in [0.25, 0.3) is 0 Å². The van der Waals surface area contributed by atoms with Gasteiger partial charge in [0, 0.05) is 31.6 Å². The Morgan fingerprint density at radius 1 is 1.28 bits per heavy atom. The molecule has 2 aromatic rings. The first-order valence-corrected chi connectivity index (χ1v) is 9.86. The third-order valence-electron chi connectivity index (χ3n) is 4.77. The van der Waals surface area contributed by atoms with E-state index in [0.29, 0.717) is 12.5 Å². The maximum Gasteiger partial charge on any atom is 0.317 e. The Morgan fingerprint density at radius 2 is 2.12 bits per heavy atom. The number of carbonyl (C=O) groups is 1. The van der Waals surface area contributed by atoms with Crippen LogP contribution in [-0.2, 0) is 13.1 Å². The molecular weight excluding hydrogens is 330 g/mol. The first-order chi connectivity index (χ1) is 12.2. The molecule has 0 aliphatic carbocycles. The average molecular weight is 358 g/mol. The van der Waals surface area contributed by atoms with E-state index >= 15 is 0 Å². The van der Waals surface area contributed by atoms with Gasteiger partial charge in [-0.25, -0.2) is 4.79 Å². The summed E-state index contributed by atoms with van der Waals surface area (Å²) in [4.78, 5) is 17.6. The van der Waals surface area contributed by atoms with E-state index in [2.05, 4.69) is 46.6 Å². The topological polar surface area (TPSA) is 35.6 Å². The fourth-order valence-corrected chi connectivity index (χ4v) is 4.12. The lowest BCUT2D eigenvalue weighted by atomic mass is 10.1. The Labute approximate surface area is 154 Å². The van der Waals surface area contributed by atoms with Crippen LogP contribution in [0, 0.1) is 5.92 Å². The Bertz CT molecular complexity index is 644. The molecule has 0 radical (unpaired) electrons. The minimum absolute atomic E-state index is 0.0209. The molecule has 1 aromatic carbocycles. The fraction of sp³-hybridized carbons (Fsp3) is 0.450. The average Bonchev–Trinajstić information content (AvgIpc) is 3.28. The smallest absolute Gasteiger partial charge is 0.317 e. The Kier molecular flexibility index (Phi) is 6.48. The van der Waals surface area contributed by atoms with Crippen molar-refractivity contribution in [3.8, 4) is 0 Å². The second-order valence-corrected chi connectivity index (χ2v) is 7.86. The van der Waals surface area contributed by atoms with E-state index in [1.807, 2.05) is 18.5 Å². The molecule has 0 bridgehead atoms. The lowest BCUT2D eigenvalue weighted by Gasteiger charge is -2.18. The van der Waals surface area contributed by atoms with E-state index in [0.717, 1.165) is 32.6 Å². The number of hydrogen-bond donors (Lipinski definition) is 1. The van der Waals surface area contributed by atoms with Gasteiger partial charge in [0.1, 0.15) is 0 Å². The summed E-state index contributed by atoms with van der Waals surface area (Å²) < 4.78 is 0. The van der Waals surface area contributed by atoms with Crippen LogP contribution < -0.4 is 5.32 Å². The van der Waals surface area contributed by atoms with E-state index in [1.54, 1.807) is 16.2 Å². The third kappa shape index (κ3) is 5.58. The van der Waals surface area contributed by atoms with E-state index in [1.165, 1.54) is 16.9 Å². The van der Waals surface area contributed by atoms with Crippen LogP contribution >= 0.6 is 11.3 Å². The Hall–Kier alpha value is -1.85. The van der Waals surface area contributed by atoms with Gasteiger partial charge in [0.15, 0.2) is 0 Å². The minimum atomic E-state index is 0.0209. The second kappa shape index (κ2) is 9.02. The van der Waals surface area contributed by atoms with Crippen molar-refractivity contribution in [3.05, 3.63) is 58.3 Å². The van der Waals surface area contributed by atoms with Crippen LogP contribution in [0.4, 0.5) is 4.79 Å². The zero-order valence-corrected chi connectivity index (χ0v) is 15.7. The van der Waals surface area contributed by atoms with Crippen molar-refractivity contribution in [1.29, 1.82) is 0 Å².